The molecule has 2 amide bonds. The van der Waals surface area contributed by atoms with Gasteiger partial charge in [-0.2, -0.15) is 0 Å². The van der Waals surface area contributed by atoms with Crippen LogP contribution in [0.15, 0.2) is 18.2 Å². The molecule has 0 radical (unpaired) electrons. The van der Waals surface area contributed by atoms with Crippen molar-refractivity contribution in [2.45, 2.75) is 6.92 Å². The summed E-state index contributed by atoms with van der Waals surface area (Å²) in [5.74, 6) is 0.0712. The number of benzene rings is 1. The summed E-state index contributed by atoms with van der Waals surface area (Å²) in [7, 11) is 0. The summed E-state index contributed by atoms with van der Waals surface area (Å²) in [6, 6.07) is 5.48. The fourth-order valence-corrected chi connectivity index (χ4v) is 2.40. The molecule has 2 rings (SSSR count). The standard InChI is InChI=1S/C11H11ClN2O2S/c1-7-8(12)3-2-4-9(7)13-6-14-10(15)5-17-11(14)16/h2-4,13H,5-6H2,1H3. The maximum Gasteiger partial charge on any atom is 0.290 e. The van der Waals surface area contributed by atoms with E-state index in [1.165, 1.54) is 4.90 Å². The van der Waals surface area contributed by atoms with Crippen LogP contribution in [0.5, 0.6) is 0 Å². The number of rotatable bonds is 3. The molecule has 1 saturated heterocycles. The zero-order chi connectivity index (χ0) is 12.4. The minimum absolute atomic E-state index is 0.160. The molecule has 1 fully saturated rings. The normalized spacial score (nSPS) is 15.5. The van der Waals surface area contributed by atoms with E-state index in [1.807, 2.05) is 19.1 Å². The lowest BCUT2D eigenvalue weighted by atomic mass is 10.2. The second-order valence-corrected chi connectivity index (χ2v) is 4.96. The van der Waals surface area contributed by atoms with Crippen molar-refractivity contribution in [2.24, 2.45) is 0 Å². The molecule has 1 aromatic rings. The van der Waals surface area contributed by atoms with Crippen LogP contribution in [0.4, 0.5) is 10.5 Å². The van der Waals surface area contributed by atoms with Crippen LogP contribution in [-0.2, 0) is 4.79 Å². The Balaban J connectivity index is 2.05. The quantitative estimate of drug-likeness (QED) is 0.917. The van der Waals surface area contributed by atoms with Crippen molar-refractivity contribution in [3.63, 3.8) is 0 Å². The minimum atomic E-state index is -0.206. The van der Waals surface area contributed by atoms with E-state index >= 15 is 0 Å². The maximum atomic E-state index is 11.4. The highest BCUT2D eigenvalue weighted by Gasteiger charge is 2.29. The number of hydrogen-bond acceptors (Lipinski definition) is 4. The molecule has 0 aromatic heterocycles. The second-order valence-electron chi connectivity index (χ2n) is 3.62. The van der Waals surface area contributed by atoms with Crippen molar-refractivity contribution in [3.8, 4) is 0 Å². The van der Waals surface area contributed by atoms with Gasteiger partial charge < -0.3 is 5.32 Å². The smallest absolute Gasteiger partial charge is 0.290 e. The van der Waals surface area contributed by atoms with E-state index < -0.39 is 0 Å². The number of halogens is 1. The van der Waals surface area contributed by atoms with Crippen LogP contribution in [0.3, 0.4) is 0 Å². The molecule has 6 heteroatoms. The van der Waals surface area contributed by atoms with Gasteiger partial charge in [0.25, 0.3) is 5.24 Å². The average Bonchev–Trinajstić information content (AvgIpc) is 2.62. The Morgan fingerprint density at radius 2 is 2.24 bits per heavy atom. The molecular weight excluding hydrogens is 260 g/mol. The lowest BCUT2D eigenvalue weighted by molar-refractivity contribution is -0.124. The van der Waals surface area contributed by atoms with Gasteiger partial charge in [0.2, 0.25) is 5.91 Å². The Kier molecular flexibility index (Phi) is 3.59. The van der Waals surface area contributed by atoms with Crippen molar-refractivity contribution < 1.29 is 9.59 Å². The summed E-state index contributed by atoms with van der Waals surface area (Å²) >= 11 is 7.00. The van der Waals surface area contributed by atoms with E-state index in [0.717, 1.165) is 23.0 Å². The lowest BCUT2D eigenvalue weighted by Crippen LogP contribution is -2.33. The number of carbonyl (C=O) groups excluding carboxylic acids is 2. The SMILES string of the molecule is Cc1c(Cl)cccc1NCN1C(=O)CSC1=O. The molecule has 4 nitrogen and oxygen atoms in total. The lowest BCUT2D eigenvalue weighted by Gasteiger charge is -2.16. The molecule has 0 aliphatic carbocycles. The molecule has 90 valence electrons. The molecule has 0 atom stereocenters. The third-order valence-corrected chi connectivity index (χ3v) is 3.80. The Hall–Kier alpha value is -1.20. The zero-order valence-electron chi connectivity index (χ0n) is 9.20. The van der Waals surface area contributed by atoms with Gasteiger partial charge in [0.1, 0.15) is 0 Å². The number of nitrogens with one attached hydrogen (secondary N) is 1. The number of hydrogen-bond donors (Lipinski definition) is 1. The number of thioether (sulfide) groups is 1. The van der Waals surface area contributed by atoms with Gasteiger partial charge in [-0.25, -0.2) is 0 Å². The number of anilines is 1. The van der Waals surface area contributed by atoms with Crippen molar-refractivity contribution in [1.82, 2.24) is 4.90 Å². The molecule has 0 spiro atoms. The van der Waals surface area contributed by atoms with E-state index in [2.05, 4.69) is 5.32 Å². The van der Waals surface area contributed by atoms with Crippen molar-refractivity contribution in [1.29, 1.82) is 0 Å². The largest absolute Gasteiger partial charge is 0.367 e. The van der Waals surface area contributed by atoms with Gasteiger partial charge in [-0.3, -0.25) is 14.5 Å². The Labute approximate surface area is 108 Å². The van der Waals surface area contributed by atoms with Crippen LogP contribution < -0.4 is 5.32 Å². The Morgan fingerprint density at radius 1 is 1.47 bits per heavy atom. The van der Waals surface area contributed by atoms with E-state index in [4.69, 9.17) is 11.6 Å². The molecule has 1 aromatic carbocycles. The van der Waals surface area contributed by atoms with Gasteiger partial charge in [0.05, 0.1) is 12.4 Å². The maximum absolute atomic E-state index is 11.4. The predicted octanol–water partition coefficient (Wildman–Crippen LogP) is 2.71. The fourth-order valence-electron chi connectivity index (χ4n) is 1.50. The van der Waals surface area contributed by atoms with Gasteiger partial charge in [0.15, 0.2) is 0 Å². The van der Waals surface area contributed by atoms with E-state index in [9.17, 15) is 9.59 Å². The van der Waals surface area contributed by atoms with Crippen molar-refractivity contribution >= 4 is 40.2 Å². The molecule has 1 N–H and O–H groups in total. The summed E-state index contributed by atoms with van der Waals surface area (Å²) in [4.78, 5) is 23.9. The number of amides is 2. The summed E-state index contributed by atoms with van der Waals surface area (Å²) < 4.78 is 0. The second kappa shape index (κ2) is 4.98. The van der Waals surface area contributed by atoms with Crippen LogP contribution >= 0.6 is 23.4 Å². The van der Waals surface area contributed by atoms with Crippen LogP contribution in [0.2, 0.25) is 5.02 Å². The monoisotopic (exact) mass is 270 g/mol. The third kappa shape index (κ3) is 2.56. The highest BCUT2D eigenvalue weighted by atomic mass is 35.5. The summed E-state index contributed by atoms with van der Waals surface area (Å²) in [6.45, 7) is 2.07. The van der Waals surface area contributed by atoms with Gasteiger partial charge in [-0.05, 0) is 24.6 Å². The van der Waals surface area contributed by atoms with Gasteiger partial charge in [-0.1, -0.05) is 29.4 Å². The first kappa shape index (κ1) is 12.3. The third-order valence-electron chi connectivity index (χ3n) is 2.54. The molecule has 0 unspecified atom stereocenters. The number of nitrogens with zero attached hydrogens (tertiary/aromatic N) is 1. The fraction of sp³-hybridized carbons (Fsp3) is 0.273. The first-order chi connectivity index (χ1) is 8.09. The van der Waals surface area contributed by atoms with Gasteiger partial charge in [-0.15, -0.1) is 0 Å². The summed E-state index contributed by atoms with van der Waals surface area (Å²) in [6.07, 6.45) is 0. The van der Waals surface area contributed by atoms with Crippen LogP contribution in [0.25, 0.3) is 0 Å². The predicted molar refractivity (Wildman–Crippen MR) is 69.4 cm³/mol. The van der Waals surface area contributed by atoms with Crippen LogP contribution in [-0.4, -0.2) is 28.5 Å². The molecular formula is C11H11ClN2O2S. The van der Waals surface area contributed by atoms with Crippen LogP contribution in [0.1, 0.15) is 5.56 Å². The first-order valence-corrected chi connectivity index (χ1v) is 6.42. The van der Waals surface area contributed by atoms with Crippen LogP contribution in [0, 0.1) is 6.92 Å². The van der Waals surface area contributed by atoms with E-state index in [1.54, 1.807) is 6.07 Å². The zero-order valence-corrected chi connectivity index (χ0v) is 10.8. The number of carbonyl (C=O) groups is 2. The Morgan fingerprint density at radius 3 is 2.88 bits per heavy atom. The molecule has 17 heavy (non-hydrogen) atoms. The molecule has 1 aliphatic heterocycles. The topological polar surface area (TPSA) is 49.4 Å². The van der Waals surface area contributed by atoms with Crippen molar-refractivity contribution in [3.05, 3.63) is 28.8 Å². The highest BCUT2D eigenvalue weighted by molar-refractivity contribution is 8.14. The molecule has 0 bridgehead atoms. The molecule has 1 aliphatic rings. The number of imide groups is 1. The highest BCUT2D eigenvalue weighted by Crippen LogP contribution is 2.24. The molecule has 0 saturated carbocycles. The van der Waals surface area contributed by atoms with Gasteiger partial charge in [0, 0.05) is 10.7 Å². The van der Waals surface area contributed by atoms with Gasteiger partial charge >= 0.3 is 0 Å². The molecule has 1 heterocycles. The van der Waals surface area contributed by atoms with E-state index in [0.29, 0.717) is 5.02 Å². The summed E-state index contributed by atoms with van der Waals surface area (Å²) in [5.41, 5.74) is 1.73. The minimum Gasteiger partial charge on any atom is -0.367 e. The van der Waals surface area contributed by atoms with E-state index in [-0.39, 0.29) is 23.6 Å². The van der Waals surface area contributed by atoms with Crippen molar-refractivity contribution in [2.75, 3.05) is 17.7 Å². The Bertz CT molecular complexity index is 463. The average molecular weight is 271 g/mol. The summed E-state index contributed by atoms with van der Waals surface area (Å²) in [5, 5.41) is 3.49. The first-order valence-electron chi connectivity index (χ1n) is 5.05.